The zero-order valence-electron chi connectivity index (χ0n) is 29.1. The van der Waals surface area contributed by atoms with Gasteiger partial charge in [-0.15, -0.1) is 0 Å². The maximum atomic E-state index is 6.01. The molecule has 10 aromatic rings. The SMILES string of the molecule is c1ccc(-c2nc3c(nc2-n2c4cccc5c4c4c(cccc42)-c2cccc4cccc-5c24)C2(c4ccccc4-c4ccccc42)c2ccccc2-3)cc1. The van der Waals surface area contributed by atoms with Crippen molar-refractivity contribution >= 4 is 32.6 Å². The van der Waals surface area contributed by atoms with Gasteiger partial charge in [0.15, 0.2) is 5.82 Å². The van der Waals surface area contributed by atoms with E-state index in [9.17, 15) is 0 Å². The first-order valence-electron chi connectivity index (χ1n) is 18.7. The average Bonchev–Trinajstić information content (AvgIpc) is 3.81. The topological polar surface area (TPSA) is 30.7 Å². The molecular weight excluding hydrogens is 655 g/mol. The second-order valence-corrected chi connectivity index (χ2v) is 14.8. The molecule has 3 aliphatic rings. The molecule has 8 aromatic carbocycles. The van der Waals surface area contributed by atoms with Gasteiger partial charge in [0.2, 0.25) is 0 Å². The van der Waals surface area contributed by atoms with E-state index in [0.29, 0.717) is 0 Å². The third kappa shape index (κ3) is 3.30. The van der Waals surface area contributed by atoms with Gasteiger partial charge >= 0.3 is 0 Å². The van der Waals surface area contributed by atoms with Gasteiger partial charge in [-0.2, -0.15) is 0 Å². The summed E-state index contributed by atoms with van der Waals surface area (Å²) in [6.07, 6.45) is 0. The Kier molecular flexibility index (Phi) is 5.31. The molecule has 54 heavy (non-hydrogen) atoms. The van der Waals surface area contributed by atoms with Crippen molar-refractivity contribution in [3.05, 3.63) is 198 Å². The summed E-state index contributed by atoms with van der Waals surface area (Å²) < 4.78 is 2.41. The van der Waals surface area contributed by atoms with Gasteiger partial charge in [-0.3, -0.25) is 4.57 Å². The van der Waals surface area contributed by atoms with Crippen LogP contribution in [0.25, 0.3) is 94.3 Å². The summed E-state index contributed by atoms with van der Waals surface area (Å²) in [4.78, 5) is 11.8. The van der Waals surface area contributed by atoms with Gasteiger partial charge in [0.1, 0.15) is 5.69 Å². The predicted octanol–water partition coefficient (Wildman–Crippen LogP) is 12.4. The van der Waals surface area contributed by atoms with Crippen LogP contribution in [0.2, 0.25) is 0 Å². The number of benzene rings is 8. The van der Waals surface area contributed by atoms with Crippen LogP contribution in [0.1, 0.15) is 22.4 Å². The molecule has 0 amide bonds. The molecule has 0 fully saturated rings. The summed E-state index contributed by atoms with van der Waals surface area (Å²) in [7, 11) is 0. The largest absolute Gasteiger partial charge is 0.292 e. The van der Waals surface area contributed by atoms with Gasteiger partial charge in [-0.1, -0.05) is 164 Å². The Labute approximate surface area is 311 Å². The quantitative estimate of drug-likeness (QED) is 0.182. The Hall–Kier alpha value is -7.10. The van der Waals surface area contributed by atoms with Crippen LogP contribution in [0.5, 0.6) is 0 Å². The molecule has 2 aromatic heterocycles. The van der Waals surface area contributed by atoms with Crippen LogP contribution >= 0.6 is 0 Å². The lowest BCUT2D eigenvalue weighted by molar-refractivity contribution is 0.752. The zero-order chi connectivity index (χ0) is 35.1. The van der Waals surface area contributed by atoms with E-state index >= 15 is 0 Å². The van der Waals surface area contributed by atoms with Gasteiger partial charge < -0.3 is 0 Å². The van der Waals surface area contributed by atoms with Crippen molar-refractivity contribution < 1.29 is 0 Å². The lowest BCUT2D eigenvalue weighted by Crippen LogP contribution is -2.27. The van der Waals surface area contributed by atoms with E-state index < -0.39 is 5.41 Å². The van der Waals surface area contributed by atoms with E-state index in [4.69, 9.17) is 9.97 Å². The van der Waals surface area contributed by atoms with Crippen molar-refractivity contribution in [3.63, 3.8) is 0 Å². The smallest absolute Gasteiger partial charge is 0.164 e. The molecule has 3 aliphatic carbocycles. The lowest BCUT2D eigenvalue weighted by Gasteiger charge is -2.29. The molecule has 3 nitrogen and oxygen atoms in total. The summed E-state index contributed by atoms with van der Waals surface area (Å²) in [5.74, 6) is 0.843. The van der Waals surface area contributed by atoms with Crippen molar-refractivity contribution in [1.29, 1.82) is 0 Å². The number of fused-ring (bicyclic) bond motifs is 12. The van der Waals surface area contributed by atoms with E-state index in [-0.39, 0.29) is 0 Å². The van der Waals surface area contributed by atoms with Crippen LogP contribution in [-0.4, -0.2) is 14.5 Å². The zero-order valence-corrected chi connectivity index (χ0v) is 29.1. The number of nitrogens with zero attached hydrogens (tertiary/aromatic N) is 3. The van der Waals surface area contributed by atoms with Crippen LogP contribution < -0.4 is 0 Å². The normalized spacial score (nSPS) is 13.7. The van der Waals surface area contributed by atoms with E-state index in [1.54, 1.807) is 0 Å². The maximum Gasteiger partial charge on any atom is 0.164 e. The van der Waals surface area contributed by atoms with Crippen LogP contribution in [0, 0.1) is 0 Å². The fourth-order valence-electron chi connectivity index (χ4n) is 10.3. The Morgan fingerprint density at radius 2 is 0.815 bits per heavy atom. The number of hydrogen-bond donors (Lipinski definition) is 0. The standard InChI is InChI=1S/C51H29N3/c1-2-14-31(15-3-1)47-50(53-49-48(52-47)38-20-6-9-27-41(38)51(49)39-25-7-4-18-32(39)33-19-5-8-26-40(33)51)54-42-28-12-23-36-34-21-10-16-30-17-11-22-35(44(30)34)37-24-13-29-43(54)46(37)45(36)42/h1-29H. The van der Waals surface area contributed by atoms with Gasteiger partial charge in [0.25, 0.3) is 0 Å². The fraction of sp³-hybridized carbons (Fsp3) is 0.0196. The molecule has 3 heteroatoms. The van der Waals surface area contributed by atoms with Crippen molar-refractivity contribution in [3.8, 4) is 61.7 Å². The highest BCUT2D eigenvalue weighted by molar-refractivity contribution is 6.27. The molecule has 0 atom stereocenters. The first-order valence-corrected chi connectivity index (χ1v) is 18.7. The monoisotopic (exact) mass is 683 g/mol. The third-order valence-electron chi connectivity index (χ3n) is 12.3. The van der Waals surface area contributed by atoms with Crippen LogP contribution in [0.4, 0.5) is 0 Å². The molecule has 0 radical (unpaired) electrons. The van der Waals surface area contributed by atoms with E-state index in [1.165, 1.54) is 71.6 Å². The van der Waals surface area contributed by atoms with E-state index in [0.717, 1.165) is 45.1 Å². The molecule has 248 valence electrons. The van der Waals surface area contributed by atoms with Gasteiger partial charge in [-0.25, -0.2) is 9.97 Å². The van der Waals surface area contributed by atoms with E-state index in [2.05, 4.69) is 180 Å². The molecule has 13 rings (SSSR count). The summed E-state index contributed by atoms with van der Waals surface area (Å²) in [5.41, 5.74) is 17.9. The molecule has 1 spiro atoms. The van der Waals surface area contributed by atoms with Crippen LogP contribution in [0.3, 0.4) is 0 Å². The molecule has 0 bridgehead atoms. The van der Waals surface area contributed by atoms with Crippen LogP contribution in [0.15, 0.2) is 176 Å². The number of aromatic nitrogens is 3. The summed E-state index contributed by atoms with van der Waals surface area (Å²) in [6, 6.07) is 64.2. The Balaban J connectivity index is 1.22. The second-order valence-electron chi connectivity index (χ2n) is 14.8. The Morgan fingerprint density at radius 3 is 1.41 bits per heavy atom. The van der Waals surface area contributed by atoms with Gasteiger partial charge in [0.05, 0.1) is 27.8 Å². The van der Waals surface area contributed by atoms with Gasteiger partial charge in [-0.05, 0) is 73.0 Å². The summed E-state index contributed by atoms with van der Waals surface area (Å²) in [5, 5.41) is 5.07. The molecule has 0 N–H and O–H groups in total. The highest BCUT2D eigenvalue weighted by Gasteiger charge is 2.54. The first-order chi connectivity index (χ1) is 26.8. The molecule has 2 heterocycles. The molecular formula is C51H29N3. The minimum Gasteiger partial charge on any atom is -0.292 e. The lowest BCUT2D eigenvalue weighted by atomic mass is 9.72. The van der Waals surface area contributed by atoms with Crippen molar-refractivity contribution in [2.75, 3.05) is 0 Å². The number of hydrogen-bond acceptors (Lipinski definition) is 2. The Morgan fingerprint density at radius 1 is 0.352 bits per heavy atom. The minimum absolute atomic E-state index is 0.606. The highest BCUT2D eigenvalue weighted by atomic mass is 15.1. The molecule has 0 unspecified atom stereocenters. The molecule has 0 aliphatic heterocycles. The predicted molar refractivity (Wildman–Crippen MR) is 220 cm³/mol. The van der Waals surface area contributed by atoms with Crippen molar-refractivity contribution in [1.82, 2.24) is 14.5 Å². The summed E-state index contributed by atoms with van der Waals surface area (Å²) >= 11 is 0. The maximum absolute atomic E-state index is 6.01. The average molecular weight is 684 g/mol. The fourth-order valence-corrected chi connectivity index (χ4v) is 10.3. The van der Waals surface area contributed by atoms with Crippen LogP contribution in [-0.2, 0) is 5.41 Å². The number of rotatable bonds is 2. The summed E-state index contributed by atoms with van der Waals surface area (Å²) in [6.45, 7) is 0. The highest BCUT2D eigenvalue weighted by Crippen LogP contribution is 2.62. The third-order valence-corrected chi connectivity index (χ3v) is 12.3. The van der Waals surface area contributed by atoms with Gasteiger partial charge in [0, 0.05) is 21.9 Å². The van der Waals surface area contributed by atoms with Crippen molar-refractivity contribution in [2.24, 2.45) is 0 Å². The Bertz CT molecular complexity index is 3140. The first kappa shape index (κ1) is 28.5. The second kappa shape index (κ2) is 10.1. The molecule has 0 saturated heterocycles. The van der Waals surface area contributed by atoms with E-state index in [1.807, 2.05) is 0 Å². The van der Waals surface area contributed by atoms with Crippen molar-refractivity contribution in [2.45, 2.75) is 5.41 Å². The minimum atomic E-state index is -0.606. The molecule has 0 saturated carbocycles.